The minimum absolute atomic E-state index is 0.00577. The first-order valence-electron chi connectivity index (χ1n) is 22.4. The predicted octanol–water partition coefficient (Wildman–Crippen LogP) is 6.36. The molecule has 0 radical (unpaired) electrons. The first kappa shape index (κ1) is 45.7. The SMILES string of the molecule is CCn1c(-c2cccnc2[C@H](C)OC)c2c3cc(ccc31)-c1cc(O)cc(c1)C[C@H](NC(=O)C(C(C)C)N(C)C(=O)[C@@H]1OCC[C@@H]1C)C(=O)N1CCC[C@H](N1)C(=O)OCC(C)(C)C2. The van der Waals surface area contributed by atoms with E-state index in [-0.39, 0.29) is 42.6 Å². The van der Waals surface area contributed by atoms with E-state index in [1.165, 1.54) is 9.91 Å². The quantitative estimate of drug-likeness (QED) is 0.161. The van der Waals surface area contributed by atoms with Gasteiger partial charge in [-0.2, -0.15) is 0 Å². The lowest BCUT2D eigenvalue weighted by molar-refractivity contribution is -0.155. The van der Waals surface area contributed by atoms with E-state index in [9.17, 15) is 24.3 Å². The van der Waals surface area contributed by atoms with Crippen molar-refractivity contribution < 1.29 is 38.5 Å². The van der Waals surface area contributed by atoms with Gasteiger partial charge in [0.25, 0.3) is 11.8 Å². The summed E-state index contributed by atoms with van der Waals surface area (Å²) in [6.07, 6.45) is 3.16. The number of esters is 1. The molecule has 14 heteroatoms. The van der Waals surface area contributed by atoms with Gasteiger partial charge >= 0.3 is 5.97 Å². The van der Waals surface area contributed by atoms with Gasteiger partial charge in [-0.3, -0.25) is 29.2 Å². The molecule has 3 amide bonds. The first-order chi connectivity index (χ1) is 30.0. The fourth-order valence-corrected chi connectivity index (χ4v) is 9.60. The number of nitrogens with one attached hydrogen (secondary N) is 2. The summed E-state index contributed by atoms with van der Waals surface area (Å²) in [4.78, 5) is 62.9. The molecule has 1 unspecified atom stereocenters. The molecule has 2 aromatic heterocycles. The lowest BCUT2D eigenvalue weighted by Gasteiger charge is -2.37. The van der Waals surface area contributed by atoms with Crippen LogP contribution in [0.5, 0.6) is 5.75 Å². The number of amides is 3. The summed E-state index contributed by atoms with van der Waals surface area (Å²) in [6, 6.07) is 12.7. The molecule has 4 aromatic rings. The number of nitrogens with zero attached hydrogens (tertiary/aromatic N) is 4. The number of hydrogen-bond donors (Lipinski definition) is 3. The molecule has 3 aliphatic heterocycles. The topological polar surface area (TPSA) is 165 Å². The van der Waals surface area contributed by atoms with E-state index in [0.717, 1.165) is 51.0 Å². The Bertz CT molecular complexity index is 2360. The molecule has 6 bridgehead atoms. The fourth-order valence-electron chi connectivity index (χ4n) is 9.60. The number of aromatic nitrogens is 2. The maximum absolute atomic E-state index is 14.6. The van der Waals surface area contributed by atoms with E-state index >= 15 is 0 Å². The van der Waals surface area contributed by atoms with Crippen LogP contribution in [-0.4, -0.2) is 106 Å². The number of aryl methyl sites for hydroxylation is 1. The zero-order valence-corrected chi connectivity index (χ0v) is 38.2. The Hall–Kier alpha value is -5.31. The number of rotatable bonds is 9. The lowest BCUT2D eigenvalue weighted by atomic mass is 9.84. The summed E-state index contributed by atoms with van der Waals surface area (Å²) in [5.41, 5.74) is 9.66. The number of hydrogen-bond acceptors (Lipinski definition) is 10. The third-order valence-electron chi connectivity index (χ3n) is 13.0. The smallest absolute Gasteiger partial charge is 0.324 e. The van der Waals surface area contributed by atoms with Crippen LogP contribution in [0.15, 0.2) is 54.7 Å². The van der Waals surface area contributed by atoms with E-state index in [1.807, 2.05) is 45.9 Å². The highest BCUT2D eigenvalue weighted by Crippen LogP contribution is 2.42. The summed E-state index contributed by atoms with van der Waals surface area (Å²) >= 11 is 0. The van der Waals surface area contributed by atoms with Gasteiger partial charge < -0.3 is 34.1 Å². The van der Waals surface area contributed by atoms with E-state index in [0.29, 0.717) is 44.5 Å². The summed E-state index contributed by atoms with van der Waals surface area (Å²) in [7, 11) is 3.28. The molecule has 3 aliphatic rings. The standard InChI is InChI=1S/C49H64N6O8/c1-10-54-40-16-15-32-25-36(40)37(43(54)35-13-11-18-50-41(35)30(5)61-9)26-49(6,7)27-63-48(60)38-14-12-19-55(52-38)46(58)39(23-31-21-33(32)24-34(56)22-31)51-45(57)42(28(2)3)53(8)47(59)44-29(4)17-20-62-44/h11,13,15-16,18,21-22,24-25,28-30,38-39,42,44,52,56H,10,12,14,17,19-20,23,26-27H2,1-9H3,(H,51,57)/t29-,30-,38-,39-,42?,44+/m0/s1. The van der Waals surface area contributed by atoms with Gasteiger partial charge in [-0.25, -0.2) is 5.43 Å². The number of aromatic hydroxyl groups is 1. The summed E-state index contributed by atoms with van der Waals surface area (Å²) < 4.78 is 20.0. The maximum atomic E-state index is 14.6. The number of carbonyl (C=O) groups is 4. The van der Waals surface area contributed by atoms with Gasteiger partial charge in [0.15, 0.2) is 0 Å². The first-order valence-corrected chi connectivity index (χ1v) is 22.4. The number of cyclic esters (lactones) is 1. The van der Waals surface area contributed by atoms with Crippen LogP contribution < -0.4 is 10.7 Å². The number of ether oxygens (including phenoxy) is 3. The maximum Gasteiger partial charge on any atom is 0.324 e. The zero-order chi connectivity index (χ0) is 45.3. The Balaban J connectivity index is 1.34. The summed E-state index contributed by atoms with van der Waals surface area (Å²) in [5.74, 6) is -1.98. The van der Waals surface area contributed by atoms with Gasteiger partial charge in [-0.15, -0.1) is 0 Å². The van der Waals surface area contributed by atoms with Crippen LogP contribution in [0.2, 0.25) is 0 Å². The van der Waals surface area contributed by atoms with Gasteiger partial charge in [-0.1, -0.05) is 46.8 Å². The number of fused-ring (bicyclic) bond motifs is 6. The largest absolute Gasteiger partial charge is 0.508 e. The molecule has 6 atom stereocenters. The van der Waals surface area contributed by atoms with Gasteiger partial charge in [0, 0.05) is 68.4 Å². The Morgan fingerprint density at radius 3 is 2.57 bits per heavy atom. The number of methoxy groups -OCH3 is 1. The van der Waals surface area contributed by atoms with Gasteiger partial charge in [0.2, 0.25) is 5.91 Å². The second-order valence-electron chi connectivity index (χ2n) is 18.7. The van der Waals surface area contributed by atoms with Crippen LogP contribution in [0.1, 0.15) is 90.7 Å². The number of benzene rings is 2. The molecule has 0 spiro atoms. The normalized spacial score (nSPS) is 22.7. The molecule has 0 aliphatic carbocycles. The molecule has 14 nitrogen and oxygen atoms in total. The molecule has 338 valence electrons. The van der Waals surface area contributed by atoms with Gasteiger partial charge in [0.1, 0.15) is 30.0 Å². The molecule has 2 fully saturated rings. The molecule has 7 rings (SSSR count). The average Bonchev–Trinajstić information content (AvgIpc) is 3.83. The highest BCUT2D eigenvalue weighted by molar-refractivity contribution is 5.96. The molecule has 5 heterocycles. The van der Waals surface area contributed by atoms with Crippen molar-refractivity contribution in [3.8, 4) is 28.1 Å². The van der Waals surface area contributed by atoms with Crippen LogP contribution >= 0.6 is 0 Å². The van der Waals surface area contributed by atoms with E-state index in [1.54, 1.807) is 32.5 Å². The number of phenols is 1. The third kappa shape index (κ3) is 9.49. The van der Waals surface area contributed by atoms with Crippen molar-refractivity contribution in [1.82, 2.24) is 30.2 Å². The number of likely N-dealkylation sites (N-methyl/N-ethyl adjacent to an activating group) is 1. The van der Waals surface area contributed by atoms with Crippen molar-refractivity contribution in [3.05, 3.63) is 71.5 Å². The van der Waals surface area contributed by atoms with Gasteiger partial charge in [0.05, 0.1) is 24.1 Å². The van der Waals surface area contributed by atoms with Crippen LogP contribution in [0.3, 0.4) is 0 Å². The van der Waals surface area contributed by atoms with Crippen molar-refractivity contribution in [2.75, 3.05) is 33.9 Å². The number of hydrazine groups is 1. The van der Waals surface area contributed by atoms with Crippen LogP contribution in [0, 0.1) is 17.3 Å². The zero-order valence-electron chi connectivity index (χ0n) is 38.2. The van der Waals surface area contributed by atoms with Crippen molar-refractivity contribution in [2.24, 2.45) is 17.3 Å². The molecule has 3 N–H and O–H groups in total. The number of phenolic OH excluding ortho intramolecular Hbond substituents is 1. The monoisotopic (exact) mass is 864 g/mol. The molecule has 2 aromatic carbocycles. The molecular weight excluding hydrogens is 801 g/mol. The van der Waals surface area contributed by atoms with E-state index in [2.05, 4.69) is 54.3 Å². The summed E-state index contributed by atoms with van der Waals surface area (Å²) in [6.45, 7) is 15.5. The van der Waals surface area contributed by atoms with E-state index < -0.39 is 47.4 Å². The van der Waals surface area contributed by atoms with E-state index in [4.69, 9.17) is 19.2 Å². The fraction of sp³-hybridized carbons (Fsp3) is 0.531. The predicted molar refractivity (Wildman–Crippen MR) is 240 cm³/mol. The van der Waals surface area contributed by atoms with Crippen molar-refractivity contribution in [1.29, 1.82) is 0 Å². The van der Waals surface area contributed by atoms with Gasteiger partial charge in [-0.05, 0) is 110 Å². The molecule has 63 heavy (non-hydrogen) atoms. The lowest BCUT2D eigenvalue weighted by Crippen LogP contribution is -2.62. The number of pyridine rings is 1. The average molecular weight is 865 g/mol. The highest BCUT2D eigenvalue weighted by atomic mass is 16.5. The highest BCUT2D eigenvalue weighted by Gasteiger charge is 2.41. The Morgan fingerprint density at radius 2 is 1.87 bits per heavy atom. The van der Waals surface area contributed by atoms with Crippen molar-refractivity contribution in [2.45, 2.75) is 117 Å². The van der Waals surface area contributed by atoms with Crippen molar-refractivity contribution in [3.63, 3.8) is 0 Å². The second-order valence-corrected chi connectivity index (χ2v) is 18.7. The summed E-state index contributed by atoms with van der Waals surface area (Å²) in [5, 5.41) is 16.7. The van der Waals surface area contributed by atoms with Crippen LogP contribution in [0.25, 0.3) is 33.3 Å². The second kappa shape index (κ2) is 18.8. The Labute approximate surface area is 370 Å². The van der Waals surface area contributed by atoms with Crippen molar-refractivity contribution >= 4 is 34.6 Å². The third-order valence-corrected chi connectivity index (χ3v) is 13.0. The molecular formula is C49H64N6O8. The number of carbonyl (C=O) groups excluding carboxylic acids is 4. The minimum atomic E-state index is -1.13. The van der Waals surface area contributed by atoms with Crippen LogP contribution in [-0.2, 0) is 52.8 Å². The Morgan fingerprint density at radius 1 is 1.10 bits per heavy atom. The minimum Gasteiger partial charge on any atom is -0.508 e. The molecule has 0 saturated carbocycles. The Kier molecular flexibility index (Phi) is 13.6. The van der Waals surface area contributed by atoms with Crippen LogP contribution in [0.4, 0.5) is 0 Å². The molecule has 2 saturated heterocycles.